The minimum absolute atomic E-state index is 0.0731. The first-order chi connectivity index (χ1) is 14.7. The topological polar surface area (TPSA) is 83.0 Å². The third-order valence-corrected chi connectivity index (χ3v) is 4.92. The van der Waals surface area contributed by atoms with Gasteiger partial charge in [-0.15, -0.1) is 0 Å². The summed E-state index contributed by atoms with van der Waals surface area (Å²) in [6.07, 6.45) is -1.20. The fourth-order valence-electron chi connectivity index (χ4n) is 3.05. The van der Waals surface area contributed by atoms with E-state index in [-0.39, 0.29) is 30.1 Å². The van der Waals surface area contributed by atoms with Crippen molar-refractivity contribution < 1.29 is 18.3 Å². The van der Waals surface area contributed by atoms with E-state index in [9.17, 15) is 18.3 Å². The summed E-state index contributed by atoms with van der Waals surface area (Å²) in [7, 11) is 0. The minimum atomic E-state index is -4.45. The van der Waals surface area contributed by atoms with Crippen LogP contribution < -0.4 is 10.6 Å². The van der Waals surface area contributed by atoms with Gasteiger partial charge in [0.25, 0.3) is 0 Å². The van der Waals surface area contributed by atoms with Crippen LogP contribution in [0.3, 0.4) is 0 Å². The molecular weight excluding hydrogens is 407 g/mol. The van der Waals surface area contributed by atoms with E-state index in [4.69, 9.17) is 0 Å². The van der Waals surface area contributed by atoms with Gasteiger partial charge in [0.05, 0.1) is 23.9 Å². The number of nitrogens with one attached hydrogen (secondary N) is 2. The molecule has 1 atom stereocenters. The molecule has 0 aliphatic carbocycles. The highest BCUT2D eigenvalue weighted by Gasteiger charge is 2.33. The Morgan fingerprint density at radius 2 is 1.77 bits per heavy atom. The normalized spacial score (nSPS) is 12.6. The van der Waals surface area contributed by atoms with Gasteiger partial charge in [-0.2, -0.15) is 18.2 Å². The van der Waals surface area contributed by atoms with Gasteiger partial charge in [-0.05, 0) is 42.7 Å². The Morgan fingerprint density at radius 3 is 2.39 bits per heavy atom. The first kappa shape index (κ1) is 22.5. The Balaban J connectivity index is 2.03. The fourth-order valence-corrected chi connectivity index (χ4v) is 3.05. The molecular formula is C22H24F3N5O. The Bertz CT molecular complexity index is 1030. The van der Waals surface area contributed by atoms with Crippen LogP contribution in [0.25, 0.3) is 11.3 Å². The van der Waals surface area contributed by atoms with Crippen molar-refractivity contribution >= 4 is 17.5 Å². The van der Waals surface area contributed by atoms with E-state index in [2.05, 4.69) is 25.6 Å². The zero-order valence-electron chi connectivity index (χ0n) is 17.4. The van der Waals surface area contributed by atoms with E-state index in [0.29, 0.717) is 17.2 Å². The van der Waals surface area contributed by atoms with Crippen molar-refractivity contribution in [3.8, 4) is 11.3 Å². The van der Waals surface area contributed by atoms with Crippen LogP contribution in [0.15, 0.2) is 48.8 Å². The van der Waals surface area contributed by atoms with Gasteiger partial charge in [-0.25, -0.2) is 4.98 Å². The first-order valence-corrected chi connectivity index (χ1v) is 9.79. The minimum Gasteiger partial charge on any atom is -0.394 e. The van der Waals surface area contributed by atoms with Gasteiger partial charge in [0, 0.05) is 29.7 Å². The van der Waals surface area contributed by atoms with Crippen LogP contribution in [0, 0.1) is 12.8 Å². The smallest absolute Gasteiger partial charge is 0.394 e. The van der Waals surface area contributed by atoms with Crippen LogP contribution in [-0.4, -0.2) is 32.7 Å². The predicted molar refractivity (Wildman–Crippen MR) is 114 cm³/mol. The Labute approximate surface area is 178 Å². The molecule has 0 fully saturated rings. The molecule has 0 radical (unpaired) electrons. The monoisotopic (exact) mass is 431 g/mol. The Hall–Kier alpha value is -3.20. The molecule has 3 aromatic rings. The highest BCUT2D eigenvalue weighted by atomic mass is 19.4. The van der Waals surface area contributed by atoms with Crippen LogP contribution in [0.5, 0.6) is 0 Å². The fraction of sp³-hybridized carbons (Fsp3) is 0.318. The summed E-state index contributed by atoms with van der Waals surface area (Å²) in [5.41, 5.74) is 0.993. The zero-order valence-corrected chi connectivity index (χ0v) is 17.4. The predicted octanol–water partition coefficient (Wildman–Crippen LogP) is 5.04. The molecule has 3 rings (SSSR count). The second-order valence-corrected chi connectivity index (χ2v) is 7.48. The van der Waals surface area contributed by atoms with Crippen LogP contribution in [0.4, 0.5) is 30.6 Å². The molecule has 164 valence electrons. The standard InChI is InChI=1S/C22H24F3N5O/c1-13(2)19(12-31)29-21-28-18(15-7-9-26-10-8-15)11-20(30-21)27-17-6-4-5-16(14(17)3)22(23,24)25/h4-11,13,19,31H,12H2,1-3H3,(H2,27,28,29,30)/t19-/m0/s1. The molecule has 0 aliphatic rings. The number of aliphatic hydroxyl groups is 1. The second kappa shape index (κ2) is 9.30. The van der Waals surface area contributed by atoms with Crippen molar-refractivity contribution in [2.24, 2.45) is 5.92 Å². The highest BCUT2D eigenvalue weighted by molar-refractivity contribution is 5.69. The highest BCUT2D eigenvalue weighted by Crippen LogP contribution is 2.35. The Morgan fingerprint density at radius 1 is 1.06 bits per heavy atom. The Kier molecular flexibility index (Phi) is 6.74. The number of pyridine rings is 1. The van der Waals surface area contributed by atoms with E-state index in [1.807, 2.05) is 13.8 Å². The van der Waals surface area contributed by atoms with E-state index in [1.165, 1.54) is 13.0 Å². The SMILES string of the molecule is Cc1c(Nc2cc(-c3ccncc3)nc(N[C@@H](CO)C(C)C)n2)cccc1C(F)(F)F. The van der Waals surface area contributed by atoms with E-state index in [0.717, 1.165) is 11.6 Å². The van der Waals surface area contributed by atoms with Crippen LogP contribution in [0.1, 0.15) is 25.0 Å². The summed E-state index contributed by atoms with van der Waals surface area (Å²) in [5.74, 6) is 0.696. The molecule has 0 amide bonds. The average Bonchev–Trinajstić information content (AvgIpc) is 2.73. The molecule has 0 saturated carbocycles. The number of aliphatic hydroxyl groups excluding tert-OH is 1. The third-order valence-electron chi connectivity index (χ3n) is 4.92. The van der Waals surface area contributed by atoms with Crippen molar-refractivity contribution in [3.63, 3.8) is 0 Å². The maximum absolute atomic E-state index is 13.3. The largest absolute Gasteiger partial charge is 0.416 e. The third kappa shape index (κ3) is 5.49. The lowest BCUT2D eigenvalue weighted by atomic mass is 10.1. The number of anilines is 3. The molecule has 0 spiro atoms. The van der Waals surface area contributed by atoms with Gasteiger partial charge in [0.15, 0.2) is 0 Å². The molecule has 2 aromatic heterocycles. The van der Waals surface area contributed by atoms with Gasteiger partial charge in [0.1, 0.15) is 5.82 Å². The van der Waals surface area contributed by atoms with Crippen molar-refractivity contribution in [3.05, 3.63) is 59.9 Å². The molecule has 0 unspecified atom stereocenters. The number of nitrogens with zero attached hydrogens (tertiary/aromatic N) is 3. The van der Waals surface area contributed by atoms with Gasteiger partial charge < -0.3 is 15.7 Å². The summed E-state index contributed by atoms with van der Waals surface area (Å²) < 4.78 is 39.8. The lowest BCUT2D eigenvalue weighted by Crippen LogP contribution is -2.30. The maximum Gasteiger partial charge on any atom is 0.416 e. The van der Waals surface area contributed by atoms with Gasteiger partial charge >= 0.3 is 6.18 Å². The molecule has 1 aromatic carbocycles. The lowest BCUT2D eigenvalue weighted by molar-refractivity contribution is -0.138. The molecule has 6 nitrogen and oxygen atoms in total. The molecule has 2 heterocycles. The van der Waals surface area contributed by atoms with Crippen LogP contribution in [-0.2, 0) is 6.18 Å². The van der Waals surface area contributed by atoms with Crippen molar-refractivity contribution in [2.75, 3.05) is 17.2 Å². The number of benzene rings is 1. The average molecular weight is 431 g/mol. The summed E-state index contributed by atoms with van der Waals surface area (Å²) in [5, 5.41) is 15.7. The molecule has 9 heteroatoms. The van der Waals surface area contributed by atoms with Crippen molar-refractivity contribution in [1.82, 2.24) is 15.0 Å². The second-order valence-electron chi connectivity index (χ2n) is 7.48. The molecule has 0 aliphatic heterocycles. The summed E-state index contributed by atoms with van der Waals surface area (Å²) >= 11 is 0. The van der Waals surface area contributed by atoms with Crippen LogP contribution in [0.2, 0.25) is 0 Å². The zero-order chi connectivity index (χ0) is 22.6. The van der Waals surface area contributed by atoms with Gasteiger partial charge in [-0.1, -0.05) is 19.9 Å². The number of alkyl halides is 3. The number of hydrogen-bond acceptors (Lipinski definition) is 6. The number of hydrogen-bond donors (Lipinski definition) is 3. The van der Waals surface area contributed by atoms with E-state index < -0.39 is 11.7 Å². The first-order valence-electron chi connectivity index (χ1n) is 9.79. The van der Waals surface area contributed by atoms with E-state index in [1.54, 1.807) is 36.7 Å². The number of aromatic nitrogens is 3. The lowest BCUT2D eigenvalue weighted by Gasteiger charge is -2.21. The van der Waals surface area contributed by atoms with Crippen molar-refractivity contribution in [1.29, 1.82) is 0 Å². The summed E-state index contributed by atoms with van der Waals surface area (Å²) in [6, 6.07) is 8.89. The quantitative estimate of drug-likeness (QED) is 0.486. The van der Waals surface area contributed by atoms with Crippen LogP contribution >= 0.6 is 0 Å². The molecule has 0 bridgehead atoms. The summed E-state index contributed by atoms with van der Waals surface area (Å²) in [6.45, 7) is 5.20. The van der Waals surface area contributed by atoms with E-state index >= 15 is 0 Å². The van der Waals surface area contributed by atoms with Gasteiger partial charge in [-0.3, -0.25) is 4.98 Å². The van der Waals surface area contributed by atoms with Crippen molar-refractivity contribution in [2.45, 2.75) is 33.0 Å². The molecule has 0 saturated heterocycles. The van der Waals surface area contributed by atoms with Gasteiger partial charge in [0.2, 0.25) is 5.95 Å². The maximum atomic E-state index is 13.3. The molecule has 3 N–H and O–H groups in total. The number of halogens is 3. The molecule has 31 heavy (non-hydrogen) atoms. The summed E-state index contributed by atoms with van der Waals surface area (Å²) in [4.78, 5) is 12.9. The number of rotatable bonds is 7.